The van der Waals surface area contributed by atoms with Gasteiger partial charge in [0.15, 0.2) is 0 Å². The first-order valence-corrected chi connectivity index (χ1v) is 7.34. The second-order valence-corrected chi connectivity index (χ2v) is 5.53. The Labute approximate surface area is 130 Å². The molecule has 6 heteroatoms. The molecule has 0 N–H and O–H groups in total. The Bertz CT molecular complexity index is 578. The maximum Gasteiger partial charge on any atom is 0.138 e. The molecule has 0 amide bonds. The van der Waals surface area contributed by atoms with Crippen LogP contribution < -0.4 is 4.90 Å². The van der Waals surface area contributed by atoms with Gasteiger partial charge in [0.2, 0.25) is 0 Å². The van der Waals surface area contributed by atoms with Crippen molar-refractivity contribution < 1.29 is 0 Å². The average molecular weight is 361 g/mol. The number of nitrogens with zero attached hydrogens (tertiary/aromatic N) is 3. The molecule has 1 aromatic carbocycles. The summed E-state index contributed by atoms with van der Waals surface area (Å²) in [5.74, 6) is 1.04. The van der Waals surface area contributed by atoms with Gasteiger partial charge in [0.1, 0.15) is 17.3 Å². The Kier molecular flexibility index (Phi) is 5.02. The van der Waals surface area contributed by atoms with Crippen LogP contribution in [0, 0.1) is 0 Å². The largest absolute Gasteiger partial charge is 0.355 e. The van der Waals surface area contributed by atoms with Crippen LogP contribution in [-0.2, 0) is 12.4 Å². The summed E-state index contributed by atoms with van der Waals surface area (Å²) in [6, 6.07) is 8.06. The lowest BCUT2D eigenvalue weighted by Gasteiger charge is -2.21. The highest BCUT2D eigenvalue weighted by molar-refractivity contribution is 9.10. The highest BCUT2D eigenvalue weighted by Gasteiger charge is 2.13. The molecule has 0 unspecified atom stereocenters. The average Bonchev–Trinajstić information content (AvgIpc) is 2.41. The van der Waals surface area contributed by atoms with Gasteiger partial charge in [-0.15, -0.1) is 11.6 Å². The van der Waals surface area contributed by atoms with Crippen molar-refractivity contribution in [2.45, 2.75) is 12.4 Å². The molecule has 0 bridgehead atoms. The molecule has 19 heavy (non-hydrogen) atoms. The van der Waals surface area contributed by atoms with Crippen LogP contribution in [0.4, 0.5) is 5.82 Å². The van der Waals surface area contributed by atoms with E-state index in [0.29, 0.717) is 11.7 Å². The van der Waals surface area contributed by atoms with Gasteiger partial charge in [-0.3, -0.25) is 0 Å². The van der Waals surface area contributed by atoms with Crippen LogP contribution in [-0.4, -0.2) is 17.0 Å². The normalized spacial score (nSPS) is 10.5. The minimum absolute atomic E-state index is 0.287. The summed E-state index contributed by atoms with van der Waals surface area (Å²) in [7, 11) is 1.95. The van der Waals surface area contributed by atoms with Gasteiger partial charge in [-0.2, -0.15) is 0 Å². The van der Waals surface area contributed by atoms with Gasteiger partial charge in [0, 0.05) is 23.6 Å². The van der Waals surface area contributed by atoms with Gasteiger partial charge in [-0.25, -0.2) is 9.97 Å². The van der Waals surface area contributed by atoms with Crippen molar-refractivity contribution in [1.82, 2.24) is 9.97 Å². The van der Waals surface area contributed by atoms with E-state index in [1.165, 1.54) is 11.9 Å². The molecule has 2 rings (SSSR count). The third kappa shape index (κ3) is 3.38. The van der Waals surface area contributed by atoms with Crippen molar-refractivity contribution in [3.8, 4) is 0 Å². The molecule has 3 nitrogen and oxygen atoms in total. The smallest absolute Gasteiger partial charge is 0.138 e. The SMILES string of the molecule is CN(Cc1ccccc1Br)c1ncnc(Cl)c1CCl. The molecule has 0 atom stereocenters. The van der Waals surface area contributed by atoms with Crippen molar-refractivity contribution in [2.24, 2.45) is 0 Å². The minimum atomic E-state index is 0.287. The molecule has 1 aromatic heterocycles. The topological polar surface area (TPSA) is 29.0 Å². The zero-order valence-corrected chi connectivity index (χ0v) is 13.4. The minimum Gasteiger partial charge on any atom is -0.355 e. The van der Waals surface area contributed by atoms with Crippen LogP contribution in [0.2, 0.25) is 5.15 Å². The fourth-order valence-corrected chi connectivity index (χ4v) is 2.70. The van der Waals surface area contributed by atoms with Crippen molar-refractivity contribution in [3.05, 3.63) is 51.3 Å². The van der Waals surface area contributed by atoms with E-state index in [1.807, 2.05) is 30.1 Å². The van der Waals surface area contributed by atoms with Crippen LogP contribution >= 0.6 is 39.1 Å². The monoisotopic (exact) mass is 359 g/mol. The maximum absolute atomic E-state index is 6.04. The van der Waals surface area contributed by atoms with Crippen molar-refractivity contribution in [1.29, 1.82) is 0 Å². The predicted molar refractivity (Wildman–Crippen MR) is 82.8 cm³/mol. The van der Waals surface area contributed by atoms with Gasteiger partial charge in [-0.05, 0) is 11.6 Å². The Morgan fingerprint density at radius 3 is 2.68 bits per heavy atom. The third-order valence-corrected chi connectivity index (χ3v) is 4.10. The number of rotatable bonds is 4. The van der Waals surface area contributed by atoms with Crippen LogP contribution in [0.15, 0.2) is 35.1 Å². The Morgan fingerprint density at radius 1 is 1.26 bits per heavy atom. The molecule has 0 radical (unpaired) electrons. The van der Waals surface area contributed by atoms with E-state index in [-0.39, 0.29) is 5.88 Å². The van der Waals surface area contributed by atoms with Crippen LogP contribution in [0.25, 0.3) is 0 Å². The molecule has 0 saturated heterocycles. The molecule has 0 aliphatic carbocycles. The van der Waals surface area contributed by atoms with E-state index in [1.54, 1.807) is 0 Å². The van der Waals surface area contributed by atoms with Gasteiger partial charge < -0.3 is 4.90 Å². The highest BCUT2D eigenvalue weighted by atomic mass is 79.9. The fraction of sp³-hybridized carbons (Fsp3) is 0.231. The lowest BCUT2D eigenvalue weighted by Crippen LogP contribution is -2.20. The molecule has 0 aliphatic rings. The van der Waals surface area contributed by atoms with E-state index in [4.69, 9.17) is 23.2 Å². The summed E-state index contributed by atoms with van der Waals surface area (Å²) >= 11 is 15.5. The number of halogens is 3. The van der Waals surface area contributed by atoms with Gasteiger partial charge in [0.05, 0.1) is 5.88 Å². The van der Waals surface area contributed by atoms with Gasteiger partial charge >= 0.3 is 0 Å². The predicted octanol–water partition coefficient (Wildman–Crippen LogP) is 4.27. The van der Waals surface area contributed by atoms with Crippen LogP contribution in [0.1, 0.15) is 11.1 Å². The van der Waals surface area contributed by atoms with E-state index < -0.39 is 0 Å². The second kappa shape index (κ2) is 6.55. The summed E-state index contributed by atoms with van der Waals surface area (Å²) in [6.07, 6.45) is 1.45. The first-order chi connectivity index (χ1) is 9.13. The summed E-state index contributed by atoms with van der Waals surface area (Å²) in [5, 5.41) is 0.402. The Morgan fingerprint density at radius 2 is 2.00 bits per heavy atom. The summed E-state index contributed by atoms with van der Waals surface area (Å²) in [4.78, 5) is 10.2. The summed E-state index contributed by atoms with van der Waals surface area (Å²) < 4.78 is 1.06. The van der Waals surface area contributed by atoms with Crippen molar-refractivity contribution in [3.63, 3.8) is 0 Å². The van der Waals surface area contributed by atoms with E-state index in [9.17, 15) is 0 Å². The van der Waals surface area contributed by atoms with Crippen molar-refractivity contribution in [2.75, 3.05) is 11.9 Å². The zero-order chi connectivity index (χ0) is 13.8. The molecular formula is C13H12BrCl2N3. The maximum atomic E-state index is 6.04. The van der Waals surface area contributed by atoms with Crippen LogP contribution in [0.5, 0.6) is 0 Å². The van der Waals surface area contributed by atoms with Gasteiger partial charge in [0.25, 0.3) is 0 Å². The van der Waals surface area contributed by atoms with E-state index in [0.717, 1.165) is 15.9 Å². The zero-order valence-electron chi connectivity index (χ0n) is 10.3. The first-order valence-electron chi connectivity index (χ1n) is 5.63. The fourth-order valence-electron chi connectivity index (χ4n) is 1.78. The molecule has 2 aromatic rings. The number of aromatic nitrogens is 2. The quantitative estimate of drug-likeness (QED) is 0.602. The van der Waals surface area contributed by atoms with Gasteiger partial charge in [-0.1, -0.05) is 45.7 Å². The third-order valence-electron chi connectivity index (χ3n) is 2.73. The summed E-state index contributed by atoms with van der Waals surface area (Å²) in [6.45, 7) is 0.707. The molecule has 1 heterocycles. The first kappa shape index (κ1) is 14.6. The molecule has 0 fully saturated rings. The molecule has 0 spiro atoms. The number of benzene rings is 1. The van der Waals surface area contributed by atoms with Crippen molar-refractivity contribution >= 4 is 44.9 Å². The lowest BCUT2D eigenvalue weighted by atomic mass is 10.2. The van der Waals surface area contributed by atoms with Crippen LogP contribution in [0.3, 0.4) is 0 Å². The number of hydrogen-bond donors (Lipinski definition) is 0. The standard InChI is InChI=1S/C13H12BrCl2N3/c1-19(7-9-4-2-3-5-11(9)14)13-10(6-15)12(16)17-8-18-13/h2-5,8H,6-7H2,1H3. The number of anilines is 1. The molecule has 0 aliphatic heterocycles. The molecular weight excluding hydrogens is 349 g/mol. The Balaban J connectivity index is 2.28. The number of hydrogen-bond acceptors (Lipinski definition) is 3. The lowest BCUT2D eigenvalue weighted by molar-refractivity contribution is 0.877. The molecule has 0 saturated carbocycles. The summed E-state index contributed by atoms with van der Waals surface area (Å²) in [5.41, 5.74) is 1.92. The highest BCUT2D eigenvalue weighted by Crippen LogP contribution is 2.26. The second-order valence-electron chi connectivity index (χ2n) is 4.05. The van der Waals surface area contributed by atoms with E-state index >= 15 is 0 Å². The Hall–Kier alpha value is -0.840. The van der Waals surface area contributed by atoms with E-state index in [2.05, 4.69) is 32.0 Å². The molecule has 100 valence electrons. The number of alkyl halides is 1.